The van der Waals surface area contributed by atoms with Crippen LogP contribution in [-0.4, -0.2) is 24.6 Å². The molecule has 154 valence electrons. The highest BCUT2D eigenvalue weighted by molar-refractivity contribution is 6.03. The molecule has 2 aromatic carbocycles. The van der Waals surface area contributed by atoms with Crippen molar-refractivity contribution in [3.63, 3.8) is 0 Å². The number of hydrazone groups is 1. The van der Waals surface area contributed by atoms with E-state index in [1.54, 1.807) is 24.3 Å². The van der Waals surface area contributed by atoms with Crippen LogP contribution in [0.3, 0.4) is 0 Å². The average Bonchev–Trinajstić information content (AvgIpc) is 2.66. The number of halogens is 3. The molecule has 2 aromatic rings. The lowest BCUT2D eigenvalue weighted by Crippen LogP contribution is -2.24. The Hall–Kier alpha value is -3.36. The van der Waals surface area contributed by atoms with Crippen LogP contribution in [0.2, 0.25) is 0 Å². The number of nitrogens with one attached hydrogen (secondary N) is 2. The van der Waals surface area contributed by atoms with E-state index >= 15 is 0 Å². The van der Waals surface area contributed by atoms with Gasteiger partial charge in [-0.25, -0.2) is 5.43 Å². The normalized spacial score (nSPS) is 11.3. The summed E-state index contributed by atoms with van der Waals surface area (Å²) >= 11 is 0. The lowest BCUT2D eigenvalue weighted by atomic mass is 10.2. The maximum absolute atomic E-state index is 12.7. The van der Waals surface area contributed by atoms with Gasteiger partial charge >= 0.3 is 6.18 Å². The lowest BCUT2D eigenvalue weighted by molar-refractivity contribution is -0.137. The molecular weight excluding hydrogens is 387 g/mol. The molecule has 2 amide bonds. The summed E-state index contributed by atoms with van der Waals surface area (Å²) in [5.41, 5.74) is 1.94. The van der Waals surface area contributed by atoms with E-state index in [4.69, 9.17) is 4.74 Å². The maximum Gasteiger partial charge on any atom is 0.416 e. The van der Waals surface area contributed by atoms with Gasteiger partial charge in [-0.3, -0.25) is 9.59 Å². The fourth-order valence-corrected chi connectivity index (χ4v) is 2.25. The van der Waals surface area contributed by atoms with Crippen LogP contribution in [0, 0.1) is 0 Å². The molecule has 6 nitrogen and oxygen atoms in total. The van der Waals surface area contributed by atoms with E-state index in [0.29, 0.717) is 17.9 Å². The summed E-state index contributed by atoms with van der Waals surface area (Å²) in [6.07, 6.45) is -2.85. The minimum Gasteiger partial charge on any atom is -0.494 e. The molecule has 9 heteroatoms. The number of amides is 2. The third-order valence-electron chi connectivity index (χ3n) is 3.53. The van der Waals surface area contributed by atoms with Crippen LogP contribution in [-0.2, 0) is 15.8 Å². The van der Waals surface area contributed by atoms with E-state index in [1.807, 2.05) is 6.92 Å². The van der Waals surface area contributed by atoms with Crippen LogP contribution in [0.1, 0.15) is 30.9 Å². The number of rotatable bonds is 8. The summed E-state index contributed by atoms with van der Waals surface area (Å²) in [4.78, 5) is 23.6. The summed E-state index contributed by atoms with van der Waals surface area (Å²) in [5.74, 6) is -0.793. The molecule has 0 radical (unpaired) electrons. The molecule has 0 aliphatic carbocycles. The van der Waals surface area contributed by atoms with Gasteiger partial charge in [-0.05, 0) is 42.3 Å². The summed E-state index contributed by atoms with van der Waals surface area (Å²) in [5, 5.41) is 6.01. The largest absolute Gasteiger partial charge is 0.494 e. The highest BCUT2D eigenvalue weighted by atomic mass is 19.4. The van der Waals surface area contributed by atoms with Gasteiger partial charge in [0.1, 0.15) is 12.2 Å². The first-order valence-electron chi connectivity index (χ1n) is 8.80. The number of hydrogen-bond donors (Lipinski definition) is 2. The van der Waals surface area contributed by atoms with Crippen molar-refractivity contribution in [3.8, 4) is 5.75 Å². The third-order valence-corrected chi connectivity index (χ3v) is 3.53. The lowest BCUT2D eigenvalue weighted by Gasteiger charge is -2.09. The minimum absolute atomic E-state index is 0.0509. The maximum atomic E-state index is 12.7. The molecule has 0 fully saturated rings. The second kappa shape index (κ2) is 10.3. The SMILES string of the molecule is CCCOc1cccc(C=NNC(=O)CC(=O)Nc2cccc(C(F)(F)F)c2)c1. The topological polar surface area (TPSA) is 79.8 Å². The summed E-state index contributed by atoms with van der Waals surface area (Å²) in [7, 11) is 0. The molecule has 0 aliphatic heterocycles. The zero-order valence-electron chi connectivity index (χ0n) is 15.6. The van der Waals surface area contributed by atoms with E-state index in [1.165, 1.54) is 18.3 Å². The van der Waals surface area contributed by atoms with Crippen molar-refractivity contribution in [1.82, 2.24) is 5.43 Å². The molecule has 29 heavy (non-hydrogen) atoms. The van der Waals surface area contributed by atoms with Crippen molar-refractivity contribution in [1.29, 1.82) is 0 Å². The fourth-order valence-electron chi connectivity index (χ4n) is 2.25. The number of ether oxygens (including phenoxy) is 1. The van der Waals surface area contributed by atoms with E-state index in [-0.39, 0.29) is 5.69 Å². The predicted octanol–water partition coefficient (Wildman–Crippen LogP) is 3.97. The zero-order chi connectivity index (χ0) is 21.3. The number of alkyl halides is 3. The molecule has 0 aromatic heterocycles. The van der Waals surface area contributed by atoms with Crippen LogP contribution in [0.25, 0.3) is 0 Å². The molecule has 2 N–H and O–H groups in total. The summed E-state index contributed by atoms with van der Waals surface area (Å²) < 4.78 is 43.5. The van der Waals surface area contributed by atoms with Gasteiger partial charge in [0.05, 0.1) is 18.4 Å². The molecule has 2 rings (SSSR count). The first-order chi connectivity index (χ1) is 13.8. The summed E-state index contributed by atoms with van der Waals surface area (Å²) in [6, 6.07) is 11.2. The second-order valence-electron chi connectivity index (χ2n) is 6.02. The van der Waals surface area contributed by atoms with Gasteiger partial charge in [-0.1, -0.05) is 25.1 Å². The Balaban J connectivity index is 1.85. The van der Waals surface area contributed by atoms with E-state index in [9.17, 15) is 22.8 Å². The molecule has 0 unspecified atom stereocenters. The van der Waals surface area contributed by atoms with E-state index in [0.717, 1.165) is 18.6 Å². The number of anilines is 1. The molecule has 0 saturated heterocycles. The Kier molecular flexibility index (Phi) is 7.76. The number of carbonyl (C=O) groups excluding carboxylic acids is 2. The number of nitrogens with zero attached hydrogens (tertiary/aromatic N) is 1. The molecule has 0 atom stereocenters. The highest BCUT2D eigenvalue weighted by Crippen LogP contribution is 2.30. The first-order valence-corrected chi connectivity index (χ1v) is 8.80. The Morgan fingerprint density at radius 3 is 2.59 bits per heavy atom. The van der Waals surface area contributed by atoms with Crippen molar-refractivity contribution in [2.45, 2.75) is 25.9 Å². The van der Waals surface area contributed by atoms with Crippen molar-refractivity contribution in [2.75, 3.05) is 11.9 Å². The fraction of sp³-hybridized carbons (Fsp3) is 0.250. The van der Waals surface area contributed by atoms with E-state index in [2.05, 4.69) is 15.8 Å². The van der Waals surface area contributed by atoms with Crippen molar-refractivity contribution in [3.05, 3.63) is 59.7 Å². The van der Waals surface area contributed by atoms with Gasteiger partial charge in [0, 0.05) is 5.69 Å². The van der Waals surface area contributed by atoms with Gasteiger partial charge in [0.25, 0.3) is 0 Å². The van der Waals surface area contributed by atoms with Crippen molar-refractivity contribution < 1.29 is 27.5 Å². The molecule has 0 bridgehead atoms. The van der Waals surface area contributed by atoms with Gasteiger partial charge in [0.15, 0.2) is 0 Å². The number of hydrogen-bond acceptors (Lipinski definition) is 4. The smallest absolute Gasteiger partial charge is 0.416 e. The first kappa shape index (κ1) is 21.9. The van der Waals surface area contributed by atoms with Crippen LogP contribution >= 0.6 is 0 Å². The van der Waals surface area contributed by atoms with E-state index < -0.39 is 30.0 Å². The molecule has 0 spiro atoms. The molecule has 0 saturated carbocycles. The van der Waals surface area contributed by atoms with Crippen LogP contribution in [0.15, 0.2) is 53.6 Å². The van der Waals surface area contributed by atoms with Gasteiger partial charge < -0.3 is 10.1 Å². The standard InChI is InChI=1S/C20H20F3N3O3/c1-2-9-29-17-8-3-5-14(10-17)13-24-26-19(28)12-18(27)25-16-7-4-6-15(11-16)20(21,22)23/h3-8,10-11,13H,2,9,12H2,1H3,(H,25,27)(H,26,28). The van der Waals surface area contributed by atoms with Crippen LogP contribution in [0.4, 0.5) is 18.9 Å². The Morgan fingerprint density at radius 2 is 1.86 bits per heavy atom. The Morgan fingerprint density at radius 1 is 1.10 bits per heavy atom. The molecule has 0 heterocycles. The zero-order valence-corrected chi connectivity index (χ0v) is 15.6. The second-order valence-corrected chi connectivity index (χ2v) is 6.02. The Labute approximate surface area is 165 Å². The highest BCUT2D eigenvalue weighted by Gasteiger charge is 2.30. The predicted molar refractivity (Wildman–Crippen MR) is 103 cm³/mol. The summed E-state index contributed by atoms with van der Waals surface area (Å²) in [6.45, 7) is 2.57. The number of benzene rings is 2. The third kappa shape index (κ3) is 7.65. The van der Waals surface area contributed by atoms with Crippen LogP contribution < -0.4 is 15.5 Å². The molecule has 0 aliphatic rings. The van der Waals surface area contributed by atoms with Gasteiger partial charge in [-0.2, -0.15) is 18.3 Å². The minimum atomic E-state index is -4.52. The average molecular weight is 407 g/mol. The monoisotopic (exact) mass is 407 g/mol. The van der Waals surface area contributed by atoms with Crippen molar-refractivity contribution in [2.24, 2.45) is 5.10 Å². The molecular formula is C20H20F3N3O3. The van der Waals surface area contributed by atoms with Crippen molar-refractivity contribution >= 4 is 23.7 Å². The number of carbonyl (C=O) groups is 2. The quantitative estimate of drug-likeness (QED) is 0.395. The Bertz CT molecular complexity index is 883. The van der Waals surface area contributed by atoms with Crippen LogP contribution in [0.5, 0.6) is 5.75 Å². The van der Waals surface area contributed by atoms with Gasteiger partial charge in [0.2, 0.25) is 11.8 Å². The van der Waals surface area contributed by atoms with Gasteiger partial charge in [-0.15, -0.1) is 0 Å².